The van der Waals surface area contributed by atoms with E-state index in [1.165, 1.54) is 0 Å². The van der Waals surface area contributed by atoms with E-state index in [1.54, 1.807) is 0 Å². The maximum Gasteiger partial charge on any atom is 0.195 e. The van der Waals surface area contributed by atoms with E-state index in [2.05, 4.69) is 39.5 Å². The van der Waals surface area contributed by atoms with Gasteiger partial charge in [-0.15, -0.1) is 5.92 Å². The van der Waals surface area contributed by atoms with Gasteiger partial charge in [0.1, 0.15) is 0 Å². The van der Waals surface area contributed by atoms with E-state index in [0.29, 0.717) is 12.8 Å². The normalized spacial score (nSPS) is 14.8. The fraction of sp³-hybridized carbons (Fsp3) is 0.867. The van der Waals surface area contributed by atoms with Crippen LogP contribution in [0.1, 0.15) is 60.3 Å². The molecule has 0 heterocycles. The highest BCUT2D eigenvalue weighted by molar-refractivity contribution is 6.73. The van der Waals surface area contributed by atoms with E-state index >= 15 is 0 Å². The predicted octanol–water partition coefficient (Wildman–Crippen LogP) is 4.30. The van der Waals surface area contributed by atoms with Gasteiger partial charge in [-0.3, -0.25) is 0 Å². The summed E-state index contributed by atoms with van der Waals surface area (Å²) in [5.74, 6) is 4.83. The molecule has 0 amide bonds. The fourth-order valence-corrected chi connectivity index (χ4v) is 5.14. The molecule has 1 N–H and O–H groups in total. The van der Waals surface area contributed by atoms with Gasteiger partial charge in [-0.2, -0.15) is 0 Å². The molecule has 0 aromatic carbocycles. The third kappa shape index (κ3) is 5.56. The van der Waals surface area contributed by atoms with Crippen molar-refractivity contribution in [2.45, 2.75) is 84.2 Å². The zero-order chi connectivity index (χ0) is 14.1. The average Bonchev–Trinajstić information content (AvgIpc) is 2.41. The van der Waals surface area contributed by atoms with Crippen LogP contribution in [0.25, 0.3) is 0 Å². The van der Waals surface area contributed by atoms with Gasteiger partial charge in [0, 0.05) is 6.42 Å². The van der Waals surface area contributed by atoms with Crippen molar-refractivity contribution in [2.24, 2.45) is 0 Å². The molecule has 0 rings (SSSR count). The Morgan fingerprint density at radius 3 is 2.06 bits per heavy atom. The Labute approximate surface area is 114 Å². The molecule has 0 spiro atoms. The summed E-state index contributed by atoms with van der Waals surface area (Å²) in [5.41, 5.74) is 0. The summed E-state index contributed by atoms with van der Waals surface area (Å²) in [7, 11) is -1.77. The monoisotopic (exact) mass is 270 g/mol. The summed E-state index contributed by atoms with van der Waals surface area (Å²) in [6.45, 7) is 10.5. The minimum atomic E-state index is -1.77. The van der Waals surface area contributed by atoms with Gasteiger partial charge in [-0.05, 0) is 31.5 Å². The number of hydrogen-bond donors (Lipinski definition) is 1. The van der Waals surface area contributed by atoms with Crippen LogP contribution < -0.4 is 0 Å². The van der Waals surface area contributed by atoms with Gasteiger partial charge in [-0.1, -0.05) is 40.0 Å². The van der Waals surface area contributed by atoms with Crippen LogP contribution in [-0.4, -0.2) is 19.2 Å². The van der Waals surface area contributed by atoms with E-state index in [-0.39, 0.29) is 0 Å². The molecule has 0 aliphatic heterocycles. The van der Waals surface area contributed by atoms with Crippen LogP contribution in [0.3, 0.4) is 0 Å². The minimum Gasteiger partial charge on any atom is -0.389 e. The lowest BCUT2D eigenvalue weighted by Crippen LogP contribution is -2.47. The highest BCUT2D eigenvalue weighted by Gasteiger charge is 2.38. The first kappa shape index (κ1) is 17.7. The van der Waals surface area contributed by atoms with Gasteiger partial charge in [-0.25, -0.2) is 0 Å². The van der Waals surface area contributed by atoms with Crippen molar-refractivity contribution in [3.63, 3.8) is 0 Å². The second-order valence-electron chi connectivity index (χ2n) is 5.00. The van der Waals surface area contributed by atoms with Gasteiger partial charge in [0.2, 0.25) is 0 Å². The highest BCUT2D eigenvalue weighted by atomic mass is 28.4. The van der Waals surface area contributed by atoms with Crippen molar-refractivity contribution in [3.8, 4) is 11.8 Å². The molecule has 3 heteroatoms. The largest absolute Gasteiger partial charge is 0.389 e. The standard InChI is InChI=1S/C15H30O2Si/c1-6-11-13-15(16,14-12-7-2)17-18(8-3,9-4)10-5/h16H,6,8-11,13-14H2,1-5H3. The highest BCUT2D eigenvalue weighted by Crippen LogP contribution is 2.31. The first-order chi connectivity index (χ1) is 8.51. The minimum absolute atomic E-state index is 0.443. The van der Waals surface area contributed by atoms with Crippen LogP contribution in [0.2, 0.25) is 18.1 Å². The predicted molar refractivity (Wildman–Crippen MR) is 80.8 cm³/mol. The van der Waals surface area contributed by atoms with E-state index < -0.39 is 14.1 Å². The quantitative estimate of drug-likeness (QED) is 0.384. The SMILES string of the molecule is CC#CCC(O)(CCCC)O[Si](CC)(CC)CC. The van der Waals surface area contributed by atoms with Gasteiger partial charge in [0.05, 0.1) is 6.42 Å². The van der Waals surface area contributed by atoms with Crippen LogP contribution in [-0.2, 0) is 4.43 Å². The molecule has 0 aliphatic rings. The van der Waals surface area contributed by atoms with Crippen molar-refractivity contribution < 1.29 is 9.53 Å². The lowest BCUT2D eigenvalue weighted by atomic mass is 10.1. The van der Waals surface area contributed by atoms with Crippen LogP contribution in [0, 0.1) is 11.8 Å². The molecule has 0 radical (unpaired) electrons. The Morgan fingerprint density at radius 2 is 1.67 bits per heavy atom. The van der Waals surface area contributed by atoms with Crippen molar-refractivity contribution in [1.82, 2.24) is 0 Å². The molecule has 0 aromatic rings. The molecule has 0 saturated heterocycles. The second kappa shape index (κ2) is 8.74. The molecule has 18 heavy (non-hydrogen) atoms. The van der Waals surface area contributed by atoms with Crippen molar-refractivity contribution in [2.75, 3.05) is 0 Å². The summed E-state index contributed by atoms with van der Waals surface area (Å²) >= 11 is 0. The van der Waals surface area contributed by atoms with Gasteiger partial charge < -0.3 is 9.53 Å². The van der Waals surface area contributed by atoms with Crippen LogP contribution >= 0.6 is 0 Å². The summed E-state index contributed by atoms with van der Waals surface area (Å²) in [4.78, 5) is 0. The summed E-state index contributed by atoms with van der Waals surface area (Å²) in [6.07, 6.45) is 3.21. The van der Waals surface area contributed by atoms with Gasteiger partial charge in [0.25, 0.3) is 0 Å². The average molecular weight is 270 g/mol. The summed E-state index contributed by atoms with van der Waals surface area (Å²) < 4.78 is 6.27. The Hall–Kier alpha value is -0.303. The topological polar surface area (TPSA) is 29.5 Å². The zero-order valence-electron chi connectivity index (χ0n) is 12.8. The third-order valence-corrected chi connectivity index (χ3v) is 8.48. The molecule has 2 nitrogen and oxygen atoms in total. The van der Waals surface area contributed by atoms with Crippen LogP contribution in [0.4, 0.5) is 0 Å². The number of unbranched alkanes of at least 4 members (excludes halogenated alkanes) is 1. The van der Waals surface area contributed by atoms with Crippen LogP contribution in [0.5, 0.6) is 0 Å². The maximum atomic E-state index is 10.7. The second-order valence-corrected chi connectivity index (χ2v) is 9.69. The molecule has 1 atom stereocenters. The van der Waals surface area contributed by atoms with Crippen LogP contribution in [0.15, 0.2) is 0 Å². The fourth-order valence-electron chi connectivity index (χ4n) is 2.22. The molecule has 0 aliphatic carbocycles. The molecule has 0 saturated carbocycles. The molecule has 106 valence electrons. The molecule has 0 fully saturated rings. The number of aliphatic hydroxyl groups is 1. The van der Waals surface area contributed by atoms with E-state index in [1.807, 2.05) is 6.92 Å². The molecule has 1 unspecified atom stereocenters. The van der Waals surface area contributed by atoms with Crippen molar-refractivity contribution in [3.05, 3.63) is 0 Å². The Kier molecular flexibility index (Phi) is 8.59. The lowest BCUT2D eigenvalue weighted by molar-refractivity contribution is -0.147. The van der Waals surface area contributed by atoms with E-state index in [9.17, 15) is 5.11 Å². The first-order valence-electron chi connectivity index (χ1n) is 7.33. The van der Waals surface area contributed by atoms with Crippen molar-refractivity contribution >= 4 is 8.32 Å². The van der Waals surface area contributed by atoms with Gasteiger partial charge >= 0.3 is 0 Å². The molecule has 0 aromatic heterocycles. The van der Waals surface area contributed by atoms with E-state index in [0.717, 1.165) is 31.0 Å². The zero-order valence-corrected chi connectivity index (χ0v) is 13.8. The number of rotatable bonds is 9. The molecular weight excluding hydrogens is 240 g/mol. The lowest BCUT2D eigenvalue weighted by Gasteiger charge is -2.38. The Bertz CT molecular complexity index is 268. The maximum absolute atomic E-state index is 10.7. The van der Waals surface area contributed by atoms with Crippen molar-refractivity contribution in [1.29, 1.82) is 0 Å². The molecular formula is C15H30O2Si. The smallest absolute Gasteiger partial charge is 0.195 e. The van der Waals surface area contributed by atoms with E-state index in [4.69, 9.17) is 4.43 Å². The Morgan fingerprint density at radius 1 is 1.11 bits per heavy atom. The molecule has 0 bridgehead atoms. The van der Waals surface area contributed by atoms with Gasteiger partial charge in [0.15, 0.2) is 14.1 Å². The summed E-state index contributed by atoms with van der Waals surface area (Å²) in [6, 6.07) is 3.19. The number of hydrogen-bond acceptors (Lipinski definition) is 2. The first-order valence-corrected chi connectivity index (χ1v) is 9.86. The third-order valence-electron chi connectivity index (χ3n) is 3.80. The Balaban J connectivity index is 4.87. The summed E-state index contributed by atoms with van der Waals surface area (Å²) in [5, 5.41) is 10.7.